The zero-order valence-electron chi connectivity index (χ0n) is 12.1. The average Bonchev–Trinajstić information content (AvgIpc) is 2.46. The van der Waals surface area contributed by atoms with Gasteiger partial charge in [-0.1, -0.05) is 30.7 Å². The van der Waals surface area contributed by atoms with Crippen molar-refractivity contribution in [3.8, 4) is 0 Å². The second kappa shape index (κ2) is 6.90. The molecule has 1 aromatic carbocycles. The molecule has 0 unspecified atom stereocenters. The van der Waals surface area contributed by atoms with E-state index >= 15 is 0 Å². The highest BCUT2D eigenvalue weighted by atomic mass is 19.4. The fourth-order valence-corrected chi connectivity index (χ4v) is 2.57. The zero-order chi connectivity index (χ0) is 16.2. The quantitative estimate of drug-likeness (QED) is 0.756. The minimum Gasteiger partial charge on any atom is -0.295 e. The predicted molar refractivity (Wildman–Crippen MR) is 76.6 cm³/mol. The molecular weight excluding hydrogens is 293 g/mol. The van der Waals surface area contributed by atoms with E-state index in [-0.39, 0.29) is 17.8 Å². The van der Waals surface area contributed by atoms with Crippen LogP contribution in [-0.2, 0) is 11.0 Å². The van der Waals surface area contributed by atoms with E-state index in [1.54, 1.807) is 6.08 Å². The van der Waals surface area contributed by atoms with Gasteiger partial charge in [0.15, 0.2) is 11.6 Å². The normalized spacial score (nSPS) is 19.0. The number of allylic oxidation sites excluding steroid dienone is 2. The number of hydrogen-bond donors (Lipinski definition) is 0. The molecule has 1 aliphatic carbocycles. The van der Waals surface area contributed by atoms with Crippen LogP contribution in [0.15, 0.2) is 35.9 Å². The number of hydrogen-bond acceptors (Lipinski definition) is 2. The lowest BCUT2D eigenvalue weighted by atomic mass is 9.92. The lowest BCUT2D eigenvalue weighted by Gasteiger charge is -2.13. The lowest BCUT2D eigenvalue weighted by Crippen LogP contribution is -2.15. The van der Waals surface area contributed by atoms with Crippen LogP contribution in [0.25, 0.3) is 0 Å². The van der Waals surface area contributed by atoms with Crippen molar-refractivity contribution in [3.05, 3.63) is 47.0 Å². The van der Waals surface area contributed by atoms with E-state index in [0.29, 0.717) is 18.4 Å². The van der Waals surface area contributed by atoms with Gasteiger partial charge in [-0.2, -0.15) is 13.2 Å². The molecule has 0 saturated heterocycles. The molecular formula is C17H17F3O2. The molecule has 1 aliphatic rings. The topological polar surface area (TPSA) is 34.1 Å². The molecule has 0 N–H and O–H groups in total. The Morgan fingerprint density at radius 3 is 2.55 bits per heavy atom. The minimum atomic E-state index is -4.58. The van der Waals surface area contributed by atoms with Crippen molar-refractivity contribution >= 4 is 11.6 Å². The summed E-state index contributed by atoms with van der Waals surface area (Å²) in [5.74, 6) is -0.786. The van der Waals surface area contributed by atoms with Gasteiger partial charge in [-0.25, -0.2) is 0 Å². The summed E-state index contributed by atoms with van der Waals surface area (Å²) in [6.45, 7) is 0. The number of Topliss-reactive ketones (excluding diaryl/α,β-unsaturated/α-hetero) is 2. The number of benzene rings is 1. The fraction of sp³-hybridized carbons (Fsp3) is 0.412. The van der Waals surface area contributed by atoms with Gasteiger partial charge < -0.3 is 0 Å². The van der Waals surface area contributed by atoms with E-state index in [0.717, 1.165) is 25.3 Å². The Hall–Kier alpha value is -1.91. The van der Waals surface area contributed by atoms with Crippen LogP contribution in [0.4, 0.5) is 13.2 Å². The van der Waals surface area contributed by atoms with E-state index in [4.69, 9.17) is 0 Å². The maximum Gasteiger partial charge on any atom is 0.417 e. The van der Waals surface area contributed by atoms with Crippen molar-refractivity contribution in [1.82, 2.24) is 0 Å². The molecule has 0 atom stereocenters. The van der Waals surface area contributed by atoms with Crippen molar-refractivity contribution in [3.63, 3.8) is 0 Å². The van der Waals surface area contributed by atoms with Gasteiger partial charge in [0.1, 0.15) is 0 Å². The number of ketones is 2. The largest absolute Gasteiger partial charge is 0.417 e. The summed E-state index contributed by atoms with van der Waals surface area (Å²) in [4.78, 5) is 24.2. The molecule has 1 aromatic rings. The molecule has 2 nitrogen and oxygen atoms in total. The smallest absolute Gasteiger partial charge is 0.295 e. The SMILES string of the molecule is O=C1CCCCC/C=C/1CC(=O)c1ccccc1C(F)(F)F. The standard InChI is InChI=1S/C17H17F3O2/c18-17(19,20)14-9-6-5-8-13(14)16(22)11-12-7-3-1-2-4-10-15(12)21/h5-9H,1-4,10-11H2/b12-7+. The first-order valence-corrected chi connectivity index (χ1v) is 7.31. The zero-order valence-corrected chi connectivity index (χ0v) is 12.1. The van der Waals surface area contributed by atoms with Gasteiger partial charge in [-0.15, -0.1) is 0 Å². The van der Waals surface area contributed by atoms with E-state index in [2.05, 4.69) is 0 Å². The Balaban J connectivity index is 2.24. The van der Waals surface area contributed by atoms with Gasteiger partial charge in [0.05, 0.1) is 5.56 Å². The van der Waals surface area contributed by atoms with Gasteiger partial charge in [-0.3, -0.25) is 9.59 Å². The second-order valence-electron chi connectivity index (χ2n) is 5.40. The van der Waals surface area contributed by atoms with Crippen LogP contribution >= 0.6 is 0 Å². The molecule has 0 radical (unpaired) electrons. The van der Waals surface area contributed by atoms with Crippen LogP contribution < -0.4 is 0 Å². The van der Waals surface area contributed by atoms with Crippen LogP contribution in [0.2, 0.25) is 0 Å². The van der Waals surface area contributed by atoms with Crippen molar-refractivity contribution in [2.45, 2.75) is 44.7 Å². The van der Waals surface area contributed by atoms with Crippen LogP contribution in [0.1, 0.15) is 54.4 Å². The Kier molecular flexibility index (Phi) is 5.16. The van der Waals surface area contributed by atoms with Gasteiger partial charge in [0, 0.05) is 18.4 Å². The molecule has 0 amide bonds. The molecule has 0 heterocycles. The van der Waals surface area contributed by atoms with E-state index < -0.39 is 17.5 Å². The summed E-state index contributed by atoms with van der Waals surface area (Å²) in [7, 11) is 0. The number of carbonyl (C=O) groups is 2. The monoisotopic (exact) mass is 310 g/mol. The summed E-state index contributed by atoms with van der Waals surface area (Å²) in [5.41, 5.74) is -0.966. The fourth-order valence-electron chi connectivity index (χ4n) is 2.57. The number of carbonyl (C=O) groups excluding carboxylic acids is 2. The molecule has 0 saturated carbocycles. The molecule has 0 bridgehead atoms. The maximum absolute atomic E-state index is 12.9. The summed E-state index contributed by atoms with van der Waals surface area (Å²) in [6.07, 6.45) is 0.580. The van der Waals surface area contributed by atoms with E-state index in [1.807, 2.05) is 0 Å². The first-order chi connectivity index (χ1) is 10.4. The predicted octanol–water partition coefficient (Wildman–Crippen LogP) is 4.74. The first kappa shape index (κ1) is 16.5. The third-order valence-electron chi connectivity index (χ3n) is 3.74. The first-order valence-electron chi connectivity index (χ1n) is 7.31. The third kappa shape index (κ3) is 4.06. The van der Waals surface area contributed by atoms with Crippen molar-refractivity contribution < 1.29 is 22.8 Å². The molecule has 118 valence electrons. The molecule has 0 fully saturated rings. The van der Waals surface area contributed by atoms with Gasteiger partial charge in [0.2, 0.25) is 0 Å². The molecule has 22 heavy (non-hydrogen) atoms. The van der Waals surface area contributed by atoms with Crippen LogP contribution in [0, 0.1) is 0 Å². The van der Waals surface area contributed by atoms with Gasteiger partial charge >= 0.3 is 6.18 Å². The summed E-state index contributed by atoms with van der Waals surface area (Å²) < 4.78 is 38.8. The lowest BCUT2D eigenvalue weighted by molar-refractivity contribution is -0.137. The third-order valence-corrected chi connectivity index (χ3v) is 3.74. The highest BCUT2D eigenvalue weighted by molar-refractivity contribution is 6.06. The average molecular weight is 310 g/mol. The number of alkyl halides is 3. The Morgan fingerprint density at radius 2 is 1.82 bits per heavy atom. The summed E-state index contributed by atoms with van der Waals surface area (Å²) in [5, 5.41) is 0. The molecule has 5 heteroatoms. The number of rotatable bonds is 3. The van der Waals surface area contributed by atoms with Gasteiger partial charge in [-0.05, 0) is 30.9 Å². The Bertz CT molecular complexity index is 600. The molecule has 0 aromatic heterocycles. The highest BCUT2D eigenvalue weighted by Crippen LogP contribution is 2.33. The molecule has 2 rings (SSSR count). The highest BCUT2D eigenvalue weighted by Gasteiger charge is 2.34. The van der Waals surface area contributed by atoms with E-state index in [1.165, 1.54) is 18.2 Å². The summed E-state index contributed by atoms with van der Waals surface area (Å²) >= 11 is 0. The van der Waals surface area contributed by atoms with Crippen molar-refractivity contribution in [2.24, 2.45) is 0 Å². The summed E-state index contributed by atoms with van der Waals surface area (Å²) in [6, 6.07) is 4.71. The van der Waals surface area contributed by atoms with Crippen LogP contribution in [-0.4, -0.2) is 11.6 Å². The van der Waals surface area contributed by atoms with Crippen molar-refractivity contribution in [2.75, 3.05) is 0 Å². The van der Waals surface area contributed by atoms with Crippen molar-refractivity contribution in [1.29, 1.82) is 0 Å². The Morgan fingerprint density at radius 1 is 1.09 bits per heavy atom. The molecule has 0 spiro atoms. The van der Waals surface area contributed by atoms with E-state index in [9.17, 15) is 22.8 Å². The Labute approximate surface area is 127 Å². The number of halogens is 3. The van der Waals surface area contributed by atoms with Crippen LogP contribution in [0.5, 0.6) is 0 Å². The maximum atomic E-state index is 12.9. The van der Waals surface area contributed by atoms with Gasteiger partial charge in [0.25, 0.3) is 0 Å². The second-order valence-corrected chi connectivity index (χ2v) is 5.40. The van der Waals surface area contributed by atoms with Crippen LogP contribution in [0.3, 0.4) is 0 Å². The minimum absolute atomic E-state index is 0.127. The molecule has 0 aliphatic heterocycles.